The second-order valence-electron chi connectivity index (χ2n) is 8.50. The van der Waals surface area contributed by atoms with Gasteiger partial charge in [0, 0.05) is 17.6 Å². The van der Waals surface area contributed by atoms with E-state index in [1.54, 1.807) is 18.3 Å². The van der Waals surface area contributed by atoms with Crippen molar-refractivity contribution >= 4 is 13.0 Å². The van der Waals surface area contributed by atoms with Crippen molar-refractivity contribution in [2.24, 2.45) is 5.92 Å². The average Bonchev–Trinajstić information content (AvgIpc) is 2.78. The Kier molecular flexibility index (Phi) is 6.71. The van der Waals surface area contributed by atoms with Crippen molar-refractivity contribution in [1.29, 1.82) is 0 Å². The summed E-state index contributed by atoms with van der Waals surface area (Å²) in [6.07, 6.45) is 5.86. The van der Waals surface area contributed by atoms with Crippen LogP contribution < -0.4 is 5.32 Å². The normalized spacial score (nSPS) is 20.3. The van der Waals surface area contributed by atoms with Crippen LogP contribution in [0.3, 0.4) is 0 Å². The minimum Gasteiger partial charge on any atom is -0.403 e. The van der Waals surface area contributed by atoms with Crippen molar-refractivity contribution in [3.05, 3.63) is 59.8 Å². The molecule has 0 aromatic heterocycles. The van der Waals surface area contributed by atoms with Crippen molar-refractivity contribution in [3.63, 3.8) is 0 Å². The summed E-state index contributed by atoms with van der Waals surface area (Å²) in [5, 5.41) is 2.84. The Labute approximate surface area is 164 Å². The number of amides is 1. The first-order chi connectivity index (χ1) is 12.5. The fraction of sp³-hybridized carbons (Fsp3) is 0.500. The Morgan fingerprint density at radius 3 is 2.15 bits per heavy atom. The zero-order valence-corrected chi connectivity index (χ0v) is 17.6. The molecule has 1 fully saturated rings. The number of nitrogens with one attached hydrogen (secondary N) is 1. The van der Waals surface area contributed by atoms with E-state index in [4.69, 9.17) is 9.31 Å². The molecule has 2 rings (SSSR count). The van der Waals surface area contributed by atoms with Gasteiger partial charge in [0.05, 0.1) is 11.2 Å². The van der Waals surface area contributed by atoms with E-state index in [1.807, 2.05) is 52.0 Å². The lowest BCUT2D eigenvalue weighted by atomic mass is 9.67. The van der Waals surface area contributed by atoms with E-state index in [2.05, 4.69) is 32.2 Å². The maximum Gasteiger partial charge on any atom is 0.469 e. The summed E-state index contributed by atoms with van der Waals surface area (Å²) in [6, 6.07) is 9.17. The molecular weight excluding hydrogens is 337 g/mol. The van der Waals surface area contributed by atoms with Gasteiger partial charge in [0.25, 0.3) is 5.91 Å². The van der Waals surface area contributed by atoms with Crippen molar-refractivity contribution in [2.75, 3.05) is 0 Å². The van der Waals surface area contributed by atoms with E-state index in [0.29, 0.717) is 11.5 Å². The molecule has 1 aromatic carbocycles. The van der Waals surface area contributed by atoms with Crippen LogP contribution in [0.2, 0.25) is 5.82 Å². The molecule has 0 saturated carbocycles. The maximum atomic E-state index is 12.3. The molecule has 1 heterocycles. The second-order valence-corrected chi connectivity index (χ2v) is 8.50. The van der Waals surface area contributed by atoms with E-state index in [-0.39, 0.29) is 11.7 Å². The Morgan fingerprint density at radius 1 is 1.07 bits per heavy atom. The summed E-state index contributed by atoms with van der Waals surface area (Å²) in [7, 11) is -0.394. The number of carbonyl (C=O) groups is 1. The highest BCUT2D eigenvalue weighted by Gasteiger charge is 2.53. The highest BCUT2D eigenvalue weighted by Crippen LogP contribution is 2.42. The van der Waals surface area contributed by atoms with Gasteiger partial charge in [-0.2, -0.15) is 0 Å². The molecule has 146 valence electrons. The van der Waals surface area contributed by atoms with Crippen LogP contribution >= 0.6 is 0 Å². The molecule has 0 radical (unpaired) electrons. The summed E-state index contributed by atoms with van der Waals surface area (Å²) in [4.78, 5) is 12.3. The molecule has 4 nitrogen and oxygen atoms in total. The van der Waals surface area contributed by atoms with Crippen molar-refractivity contribution in [1.82, 2.24) is 5.32 Å². The fourth-order valence-electron chi connectivity index (χ4n) is 3.03. The highest BCUT2D eigenvalue weighted by atomic mass is 16.7. The Balaban J connectivity index is 2.18. The maximum absolute atomic E-state index is 12.3. The fourth-order valence-corrected chi connectivity index (χ4v) is 3.03. The lowest BCUT2D eigenvalue weighted by Crippen LogP contribution is -2.41. The molecule has 1 aliphatic heterocycles. The summed E-state index contributed by atoms with van der Waals surface area (Å²) in [6.45, 7) is 14.6. The monoisotopic (exact) mass is 369 g/mol. The van der Waals surface area contributed by atoms with Gasteiger partial charge in [0.2, 0.25) is 0 Å². The number of carbonyl (C=O) groups excluding carboxylic acids is 1. The summed E-state index contributed by atoms with van der Waals surface area (Å²) in [5.74, 6) is 0.205. The third-order valence-electron chi connectivity index (χ3n) is 5.24. The van der Waals surface area contributed by atoms with Gasteiger partial charge in [-0.05, 0) is 52.7 Å². The quantitative estimate of drug-likeness (QED) is 0.567. The molecule has 0 spiro atoms. The van der Waals surface area contributed by atoms with Gasteiger partial charge < -0.3 is 14.6 Å². The molecule has 1 aliphatic rings. The first kappa shape index (κ1) is 21.5. The standard InChI is InChI=1S/C22H32BNO3/c1-16(2)15-17(3)19(23-26-21(4,5)22(6,7)27-23)13-14-24-20(25)18-11-9-8-10-12-18/h8-16,19H,1-7H3,(H,24,25)/b14-13+,17-15+. The molecule has 1 aromatic rings. The van der Waals surface area contributed by atoms with Crippen LogP contribution in [0.1, 0.15) is 58.8 Å². The lowest BCUT2D eigenvalue weighted by Gasteiger charge is -2.32. The zero-order chi connectivity index (χ0) is 20.2. The summed E-state index contributed by atoms with van der Waals surface area (Å²) < 4.78 is 12.5. The zero-order valence-electron chi connectivity index (χ0n) is 17.6. The molecule has 0 aliphatic carbocycles. The number of benzene rings is 1. The van der Waals surface area contributed by atoms with Crippen LogP contribution in [-0.4, -0.2) is 24.2 Å². The Bertz CT molecular complexity index is 692. The SMILES string of the molecule is C/C(=C\C(C)C)C(/C=C/NC(=O)c1ccccc1)B1OC(C)(C)C(C)(C)O1. The van der Waals surface area contributed by atoms with Gasteiger partial charge in [-0.1, -0.05) is 49.8 Å². The largest absolute Gasteiger partial charge is 0.469 e. The van der Waals surface area contributed by atoms with Gasteiger partial charge in [0.1, 0.15) is 0 Å². The van der Waals surface area contributed by atoms with Crippen molar-refractivity contribution in [3.8, 4) is 0 Å². The van der Waals surface area contributed by atoms with Gasteiger partial charge in [0.15, 0.2) is 0 Å². The van der Waals surface area contributed by atoms with Gasteiger partial charge in [-0.3, -0.25) is 4.79 Å². The molecule has 0 bridgehead atoms. The minimum atomic E-state index is -0.394. The molecule has 1 N–H and O–H groups in total. The minimum absolute atomic E-state index is 0.0791. The van der Waals surface area contributed by atoms with Crippen LogP contribution in [0.4, 0.5) is 0 Å². The second kappa shape index (κ2) is 8.45. The molecule has 1 atom stereocenters. The van der Waals surface area contributed by atoms with Crippen molar-refractivity contribution in [2.45, 2.75) is 65.5 Å². The molecule has 1 unspecified atom stereocenters. The smallest absolute Gasteiger partial charge is 0.403 e. The van der Waals surface area contributed by atoms with Crippen molar-refractivity contribution < 1.29 is 14.1 Å². The predicted octanol–water partition coefficient (Wildman–Crippen LogP) is 4.99. The predicted molar refractivity (Wildman–Crippen MR) is 111 cm³/mol. The van der Waals surface area contributed by atoms with Crippen LogP contribution in [0.5, 0.6) is 0 Å². The Hall–Kier alpha value is -1.85. The topological polar surface area (TPSA) is 47.6 Å². The van der Waals surface area contributed by atoms with Crippen LogP contribution in [0.25, 0.3) is 0 Å². The number of allylic oxidation sites excluding steroid dienone is 3. The average molecular weight is 369 g/mol. The summed E-state index contributed by atoms with van der Waals surface area (Å²) in [5.41, 5.74) is 1.00. The molecule has 1 saturated heterocycles. The summed E-state index contributed by atoms with van der Waals surface area (Å²) >= 11 is 0. The number of rotatable bonds is 6. The van der Waals surface area contributed by atoms with Gasteiger partial charge in [-0.25, -0.2) is 0 Å². The van der Waals surface area contributed by atoms with Crippen LogP contribution in [-0.2, 0) is 9.31 Å². The van der Waals surface area contributed by atoms with E-state index >= 15 is 0 Å². The van der Waals surface area contributed by atoms with E-state index < -0.39 is 18.3 Å². The number of hydrogen-bond acceptors (Lipinski definition) is 3. The third-order valence-corrected chi connectivity index (χ3v) is 5.24. The number of hydrogen-bond donors (Lipinski definition) is 1. The van der Waals surface area contributed by atoms with Crippen LogP contribution in [0, 0.1) is 5.92 Å². The van der Waals surface area contributed by atoms with E-state index in [9.17, 15) is 4.79 Å². The van der Waals surface area contributed by atoms with E-state index in [1.165, 1.54) is 0 Å². The van der Waals surface area contributed by atoms with Gasteiger partial charge >= 0.3 is 7.12 Å². The molecule has 5 heteroatoms. The first-order valence-corrected chi connectivity index (χ1v) is 9.60. The van der Waals surface area contributed by atoms with Crippen LogP contribution in [0.15, 0.2) is 54.3 Å². The Morgan fingerprint density at radius 2 is 1.63 bits per heavy atom. The third kappa shape index (κ3) is 5.33. The van der Waals surface area contributed by atoms with E-state index in [0.717, 1.165) is 5.57 Å². The lowest BCUT2D eigenvalue weighted by molar-refractivity contribution is 0.00578. The molecular formula is C22H32BNO3. The molecule has 27 heavy (non-hydrogen) atoms. The van der Waals surface area contributed by atoms with Gasteiger partial charge in [-0.15, -0.1) is 0 Å². The first-order valence-electron chi connectivity index (χ1n) is 9.60. The highest BCUT2D eigenvalue weighted by molar-refractivity contribution is 6.49. The molecule has 1 amide bonds.